The van der Waals surface area contributed by atoms with Gasteiger partial charge in [0.25, 0.3) is 0 Å². The van der Waals surface area contributed by atoms with Crippen LogP contribution in [0.3, 0.4) is 0 Å². The molecule has 0 bridgehead atoms. The molecule has 1 aliphatic heterocycles. The van der Waals surface area contributed by atoms with Crippen molar-refractivity contribution in [1.29, 1.82) is 0 Å². The highest BCUT2D eigenvalue weighted by atomic mass is 16.7. The van der Waals surface area contributed by atoms with E-state index in [2.05, 4.69) is 44.1 Å². The third kappa shape index (κ3) is 4.87. The quantitative estimate of drug-likeness (QED) is 0.426. The molecule has 0 spiro atoms. The van der Waals surface area contributed by atoms with Gasteiger partial charge in [0, 0.05) is 13.1 Å². The van der Waals surface area contributed by atoms with Crippen molar-refractivity contribution in [2.45, 2.75) is 39.9 Å². The molecule has 2 aromatic carbocycles. The van der Waals surface area contributed by atoms with Gasteiger partial charge in [-0.25, -0.2) is 19.6 Å². The number of imidazole rings is 1. The van der Waals surface area contributed by atoms with Crippen LogP contribution < -0.4 is 10.6 Å². The fourth-order valence-corrected chi connectivity index (χ4v) is 4.23. The van der Waals surface area contributed by atoms with E-state index in [1.54, 1.807) is 9.63 Å². The minimum absolute atomic E-state index is 0.154. The maximum atomic E-state index is 13.0. The smallest absolute Gasteiger partial charge is 0.330 e. The minimum atomic E-state index is -0.591. The number of anilines is 1. The SMILES string of the molecule is CC(C)(C)C(=O)ON1CC(n2c(=O)[nH]c3c(N(Cc4ccccc4)Cc4ccccc4)ncnc32)C1. The van der Waals surface area contributed by atoms with Gasteiger partial charge in [-0.3, -0.25) is 4.57 Å². The summed E-state index contributed by atoms with van der Waals surface area (Å²) in [6, 6.07) is 20.2. The van der Waals surface area contributed by atoms with Crippen molar-refractivity contribution in [2.24, 2.45) is 5.41 Å². The molecule has 1 fully saturated rings. The Morgan fingerprint density at radius 3 is 2.14 bits per heavy atom. The first-order valence-corrected chi connectivity index (χ1v) is 12.0. The van der Waals surface area contributed by atoms with Crippen molar-refractivity contribution in [2.75, 3.05) is 18.0 Å². The van der Waals surface area contributed by atoms with Crippen molar-refractivity contribution in [3.8, 4) is 0 Å². The Bertz CT molecular complexity index is 1360. The van der Waals surface area contributed by atoms with Crippen LogP contribution in [-0.2, 0) is 22.7 Å². The van der Waals surface area contributed by atoms with Crippen LogP contribution in [0.2, 0.25) is 0 Å². The van der Waals surface area contributed by atoms with Crippen LogP contribution in [0.15, 0.2) is 71.8 Å². The molecule has 1 N–H and O–H groups in total. The third-order valence-corrected chi connectivity index (χ3v) is 6.24. The number of hydroxylamine groups is 2. The van der Waals surface area contributed by atoms with Crippen molar-refractivity contribution in [3.63, 3.8) is 0 Å². The van der Waals surface area contributed by atoms with Gasteiger partial charge in [0.1, 0.15) is 11.8 Å². The molecular weight excluding hydrogens is 456 g/mol. The van der Waals surface area contributed by atoms with Crippen LogP contribution in [0.1, 0.15) is 37.9 Å². The maximum absolute atomic E-state index is 13.0. The summed E-state index contributed by atoms with van der Waals surface area (Å²) in [6.07, 6.45) is 1.50. The lowest BCUT2D eigenvalue weighted by Gasteiger charge is -2.38. The standard InChI is InChI=1S/C27H30N6O3/c1-27(2,3)25(34)36-32-16-21(17-32)33-24-22(30-26(33)35)23(28-18-29-24)31(14-19-10-6-4-7-11-19)15-20-12-8-5-9-13-20/h4-13,18,21H,14-17H2,1-3H3,(H,30,35). The lowest BCUT2D eigenvalue weighted by molar-refractivity contribution is -0.225. The molecule has 0 aliphatic carbocycles. The van der Waals surface area contributed by atoms with E-state index in [0.717, 1.165) is 11.1 Å². The second-order valence-corrected chi connectivity index (χ2v) is 10.2. The molecule has 9 nitrogen and oxygen atoms in total. The fourth-order valence-electron chi connectivity index (χ4n) is 4.23. The average molecular weight is 487 g/mol. The summed E-state index contributed by atoms with van der Waals surface area (Å²) in [4.78, 5) is 44.9. The van der Waals surface area contributed by atoms with Gasteiger partial charge in [0.05, 0.1) is 24.5 Å². The van der Waals surface area contributed by atoms with Crippen LogP contribution in [-0.4, -0.2) is 43.6 Å². The van der Waals surface area contributed by atoms with Crippen LogP contribution in [0.25, 0.3) is 11.2 Å². The number of rotatable bonds is 7. The van der Waals surface area contributed by atoms with Crippen molar-refractivity contribution < 1.29 is 9.63 Å². The van der Waals surface area contributed by atoms with Crippen LogP contribution in [0, 0.1) is 5.41 Å². The Morgan fingerprint density at radius 1 is 1.00 bits per heavy atom. The van der Waals surface area contributed by atoms with E-state index in [9.17, 15) is 9.59 Å². The fraction of sp³-hybridized carbons (Fsp3) is 0.333. The third-order valence-electron chi connectivity index (χ3n) is 6.24. The van der Waals surface area contributed by atoms with E-state index < -0.39 is 5.41 Å². The summed E-state index contributed by atoms with van der Waals surface area (Å²) in [5.41, 5.74) is 2.57. The zero-order valence-corrected chi connectivity index (χ0v) is 20.7. The van der Waals surface area contributed by atoms with Gasteiger partial charge in [0.15, 0.2) is 11.5 Å². The summed E-state index contributed by atoms with van der Waals surface area (Å²) in [7, 11) is 0. The number of nitrogens with one attached hydrogen (secondary N) is 1. The molecule has 5 rings (SSSR count). The number of H-pyrrole nitrogens is 1. The molecule has 0 atom stereocenters. The molecule has 0 saturated carbocycles. The molecule has 9 heteroatoms. The van der Waals surface area contributed by atoms with Gasteiger partial charge in [-0.2, -0.15) is 0 Å². The van der Waals surface area contributed by atoms with E-state index in [1.807, 2.05) is 57.2 Å². The molecule has 36 heavy (non-hydrogen) atoms. The number of nitrogens with zero attached hydrogens (tertiary/aromatic N) is 5. The predicted molar refractivity (Wildman–Crippen MR) is 137 cm³/mol. The second-order valence-electron chi connectivity index (χ2n) is 10.2. The zero-order chi connectivity index (χ0) is 25.3. The normalized spacial score (nSPS) is 14.5. The molecule has 186 valence electrons. The highest BCUT2D eigenvalue weighted by Gasteiger charge is 2.36. The highest BCUT2D eigenvalue weighted by Crippen LogP contribution is 2.29. The molecule has 4 aromatic rings. The zero-order valence-electron chi connectivity index (χ0n) is 20.7. The van der Waals surface area contributed by atoms with Crippen LogP contribution >= 0.6 is 0 Å². The molecule has 0 radical (unpaired) electrons. The molecule has 0 amide bonds. The number of hydrogen-bond donors (Lipinski definition) is 1. The molecule has 0 unspecified atom stereocenters. The summed E-state index contributed by atoms with van der Waals surface area (Å²) >= 11 is 0. The summed E-state index contributed by atoms with van der Waals surface area (Å²) < 4.78 is 1.64. The van der Waals surface area contributed by atoms with Crippen LogP contribution in [0.4, 0.5) is 5.82 Å². The predicted octanol–water partition coefficient (Wildman–Crippen LogP) is 3.69. The summed E-state index contributed by atoms with van der Waals surface area (Å²) in [5, 5.41) is 1.59. The van der Waals surface area contributed by atoms with Crippen molar-refractivity contribution in [1.82, 2.24) is 24.6 Å². The van der Waals surface area contributed by atoms with Crippen LogP contribution in [0.5, 0.6) is 0 Å². The summed E-state index contributed by atoms with van der Waals surface area (Å²) in [5.74, 6) is 0.369. The Balaban J connectivity index is 1.44. The van der Waals surface area contributed by atoms with E-state index in [0.29, 0.717) is 43.2 Å². The number of carbonyl (C=O) groups is 1. The number of benzene rings is 2. The van der Waals surface area contributed by atoms with Gasteiger partial charge in [-0.15, -0.1) is 5.06 Å². The second kappa shape index (κ2) is 9.58. The first-order chi connectivity index (χ1) is 17.3. The van der Waals surface area contributed by atoms with E-state index in [4.69, 9.17) is 4.84 Å². The first-order valence-electron chi connectivity index (χ1n) is 12.0. The van der Waals surface area contributed by atoms with E-state index in [-0.39, 0.29) is 17.7 Å². The van der Waals surface area contributed by atoms with Gasteiger partial charge >= 0.3 is 11.7 Å². The maximum Gasteiger partial charge on any atom is 0.330 e. The monoisotopic (exact) mass is 486 g/mol. The largest absolute Gasteiger partial charge is 0.367 e. The molecular formula is C27H30N6O3. The topological polar surface area (TPSA) is 96.3 Å². The van der Waals surface area contributed by atoms with E-state index in [1.165, 1.54) is 6.33 Å². The lowest BCUT2D eigenvalue weighted by Crippen LogP contribution is -2.51. The van der Waals surface area contributed by atoms with Crippen molar-refractivity contribution >= 4 is 23.0 Å². The Hall–Kier alpha value is -3.98. The molecule has 3 heterocycles. The number of aromatic amines is 1. The van der Waals surface area contributed by atoms with E-state index >= 15 is 0 Å². The Morgan fingerprint density at radius 2 is 1.58 bits per heavy atom. The minimum Gasteiger partial charge on any atom is -0.367 e. The molecule has 2 aromatic heterocycles. The highest BCUT2D eigenvalue weighted by molar-refractivity contribution is 5.83. The van der Waals surface area contributed by atoms with Gasteiger partial charge in [0.2, 0.25) is 0 Å². The number of carbonyl (C=O) groups excluding carboxylic acids is 1. The van der Waals surface area contributed by atoms with Gasteiger partial charge < -0.3 is 14.7 Å². The summed E-state index contributed by atoms with van der Waals surface area (Å²) in [6.45, 7) is 7.52. The van der Waals surface area contributed by atoms with Gasteiger partial charge in [-0.1, -0.05) is 60.7 Å². The number of aromatic nitrogens is 4. The average Bonchev–Trinajstić information content (AvgIpc) is 3.16. The van der Waals surface area contributed by atoms with Crippen molar-refractivity contribution in [3.05, 3.63) is 88.6 Å². The van der Waals surface area contributed by atoms with Gasteiger partial charge in [-0.05, 0) is 31.9 Å². The lowest BCUT2D eigenvalue weighted by atomic mass is 9.98. The number of hydrogen-bond acceptors (Lipinski definition) is 7. The first kappa shape index (κ1) is 23.7. The molecule has 1 aliphatic rings. The Labute approximate surface area is 209 Å². The Kier molecular flexibility index (Phi) is 6.32. The molecule has 1 saturated heterocycles. The number of fused-ring (bicyclic) bond motifs is 1.